The van der Waals surface area contributed by atoms with Crippen molar-refractivity contribution in [2.75, 3.05) is 6.61 Å². The van der Waals surface area contributed by atoms with E-state index in [0.717, 1.165) is 0 Å². The van der Waals surface area contributed by atoms with Gasteiger partial charge in [-0.1, -0.05) is 13.2 Å². The van der Waals surface area contributed by atoms with Crippen LogP contribution in [-0.4, -0.2) is 12.8 Å². The van der Waals surface area contributed by atoms with E-state index in [0.29, 0.717) is 18.1 Å². The van der Waals surface area contributed by atoms with Crippen LogP contribution >= 0.6 is 0 Å². The van der Waals surface area contributed by atoms with E-state index in [9.17, 15) is 0 Å². The molecule has 0 heterocycles. The molecule has 0 aromatic carbocycles. The Morgan fingerprint density at radius 2 is 2.20 bits per heavy atom. The minimum Gasteiger partial charge on any atom is -0.492 e. The summed E-state index contributed by atoms with van der Waals surface area (Å²) in [5.41, 5.74) is 0.587. The van der Waals surface area contributed by atoms with E-state index in [1.54, 1.807) is 6.21 Å². The minimum absolute atomic E-state index is 0.542. The second-order valence-electron chi connectivity index (χ2n) is 1.69. The Hall–Kier alpha value is -1.05. The van der Waals surface area contributed by atoms with Crippen LogP contribution in [0.25, 0.3) is 0 Å². The highest BCUT2D eigenvalue weighted by Gasteiger charge is 1.94. The van der Waals surface area contributed by atoms with Crippen LogP contribution in [0.4, 0.5) is 0 Å². The molecule has 0 saturated heterocycles. The monoisotopic (exact) mass is 139 g/mol. The largest absolute Gasteiger partial charge is 0.492 e. The lowest BCUT2D eigenvalue weighted by atomic mass is 10.4. The molecule has 0 bridgehead atoms. The summed E-state index contributed by atoms with van der Waals surface area (Å²) in [7, 11) is 0. The van der Waals surface area contributed by atoms with E-state index in [4.69, 9.17) is 4.74 Å². The molecule has 2 nitrogen and oxygen atoms in total. The van der Waals surface area contributed by atoms with Gasteiger partial charge in [0.25, 0.3) is 0 Å². The topological polar surface area (TPSA) is 21.6 Å². The lowest BCUT2D eigenvalue weighted by molar-refractivity contribution is 0.239. The van der Waals surface area contributed by atoms with Crippen LogP contribution < -0.4 is 0 Å². The van der Waals surface area contributed by atoms with Gasteiger partial charge < -0.3 is 4.74 Å². The molecule has 0 unspecified atom stereocenters. The van der Waals surface area contributed by atoms with Gasteiger partial charge in [-0.05, 0) is 13.8 Å². The van der Waals surface area contributed by atoms with Crippen LogP contribution in [0.3, 0.4) is 0 Å². The lowest BCUT2D eigenvalue weighted by Crippen LogP contribution is -1.90. The maximum atomic E-state index is 5.05. The Morgan fingerprint density at radius 1 is 1.60 bits per heavy atom. The molecule has 0 aromatic rings. The summed E-state index contributed by atoms with van der Waals surface area (Å²) in [5.74, 6) is 0.542. The average molecular weight is 139 g/mol. The number of nitrogens with zero attached hydrogens (tertiary/aromatic N) is 1. The predicted octanol–water partition coefficient (Wildman–Crippen LogP) is 2.14. The van der Waals surface area contributed by atoms with Gasteiger partial charge >= 0.3 is 0 Å². The zero-order chi connectivity index (χ0) is 7.98. The fraction of sp³-hybridized carbons (Fsp3) is 0.375. The first-order valence-electron chi connectivity index (χ1n) is 3.22. The molecule has 0 aliphatic heterocycles. The van der Waals surface area contributed by atoms with Crippen LogP contribution in [0.5, 0.6) is 0 Å². The molecule has 0 amide bonds. The average Bonchev–Trinajstić information content (AvgIpc) is 1.89. The Balaban J connectivity index is 3.83. The molecule has 0 radical (unpaired) electrons. The maximum Gasteiger partial charge on any atom is 0.137 e. The van der Waals surface area contributed by atoms with Gasteiger partial charge in [-0.25, -0.2) is 0 Å². The second-order valence-corrected chi connectivity index (χ2v) is 1.69. The SMILES string of the molecule is C=C(N=CC)C(=C)OCC. The van der Waals surface area contributed by atoms with Crippen molar-refractivity contribution in [2.24, 2.45) is 4.99 Å². The van der Waals surface area contributed by atoms with Crippen molar-refractivity contribution in [1.29, 1.82) is 0 Å². The van der Waals surface area contributed by atoms with Gasteiger partial charge in [0.1, 0.15) is 5.76 Å². The summed E-state index contributed by atoms with van der Waals surface area (Å²) in [4.78, 5) is 3.90. The van der Waals surface area contributed by atoms with Gasteiger partial charge in [-0.2, -0.15) is 0 Å². The van der Waals surface area contributed by atoms with Crippen LogP contribution in [0.2, 0.25) is 0 Å². The smallest absolute Gasteiger partial charge is 0.137 e. The summed E-state index contributed by atoms with van der Waals surface area (Å²) < 4.78 is 5.05. The van der Waals surface area contributed by atoms with Crippen LogP contribution in [0.1, 0.15) is 13.8 Å². The van der Waals surface area contributed by atoms with Gasteiger partial charge in [0, 0.05) is 6.21 Å². The second kappa shape index (κ2) is 4.79. The van der Waals surface area contributed by atoms with Crippen molar-refractivity contribution in [2.45, 2.75) is 13.8 Å². The first-order chi connectivity index (χ1) is 4.72. The number of ether oxygens (including phenoxy) is 1. The normalized spacial score (nSPS) is 9.80. The van der Waals surface area contributed by atoms with Crippen molar-refractivity contribution >= 4 is 6.21 Å². The molecular weight excluding hydrogens is 126 g/mol. The molecular formula is C8H13NO. The number of hydrogen-bond donors (Lipinski definition) is 0. The van der Waals surface area contributed by atoms with Crippen molar-refractivity contribution in [3.63, 3.8) is 0 Å². The van der Waals surface area contributed by atoms with E-state index < -0.39 is 0 Å². The Morgan fingerprint density at radius 3 is 2.60 bits per heavy atom. The molecule has 0 fully saturated rings. The number of hydrogen-bond acceptors (Lipinski definition) is 2. The Kier molecular flexibility index (Phi) is 4.29. The van der Waals surface area contributed by atoms with Crippen molar-refractivity contribution in [3.05, 3.63) is 24.6 Å². The highest BCUT2D eigenvalue weighted by atomic mass is 16.5. The third-order valence-corrected chi connectivity index (χ3v) is 0.925. The van der Waals surface area contributed by atoms with Crippen LogP contribution in [0, 0.1) is 0 Å². The standard InChI is InChI=1S/C8H13NO/c1-5-9-7(3)8(4)10-6-2/h5H,3-4,6H2,1-2H3. The van der Waals surface area contributed by atoms with Crippen LogP contribution in [0.15, 0.2) is 29.6 Å². The van der Waals surface area contributed by atoms with Crippen molar-refractivity contribution < 1.29 is 4.74 Å². The maximum absolute atomic E-state index is 5.05. The summed E-state index contributed by atoms with van der Waals surface area (Å²) >= 11 is 0. The third kappa shape index (κ3) is 3.07. The number of aliphatic imine (C=N–C) groups is 1. The molecule has 0 aliphatic rings. The molecule has 0 saturated carbocycles. The number of rotatable bonds is 4. The van der Waals surface area contributed by atoms with Crippen molar-refractivity contribution in [3.8, 4) is 0 Å². The first kappa shape index (κ1) is 8.95. The lowest BCUT2D eigenvalue weighted by Gasteiger charge is -2.03. The van der Waals surface area contributed by atoms with Gasteiger partial charge in [0.15, 0.2) is 0 Å². The summed E-state index contributed by atoms with van der Waals surface area (Å²) in [6, 6.07) is 0. The molecule has 2 heteroatoms. The van der Waals surface area contributed by atoms with Gasteiger partial charge in [-0.15, -0.1) is 0 Å². The molecule has 0 atom stereocenters. The molecule has 10 heavy (non-hydrogen) atoms. The van der Waals surface area contributed by atoms with Crippen LogP contribution in [-0.2, 0) is 4.74 Å². The third-order valence-electron chi connectivity index (χ3n) is 0.925. The Labute approximate surface area is 61.9 Å². The molecule has 56 valence electrons. The van der Waals surface area contributed by atoms with Gasteiger partial charge in [-0.3, -0.25) is 4.99 Å². The van der Waals surface area contributed by atoms with Gasteiger partial charge in [0.05, 0.1) is 12.3 Å². The molecule has 0 aromatic heterocycles. The highest BCUT2D eigenvalue weighted by Crippen LogP contribution is 2.06. The van der Waals surface area contributed by atoms with E-state index in [-0.39, 0.29) is 0 Å². The van der Waals surface area contributed by atoms with Crippen molar-refractivity contribution in [1.82, 2.24) is 0 Å². The quantitative estimate of drug-likeness (QED) is 0.332. The molecule has 0 N–H and O–H groups in total. The summed E-state index contributed by atoms with van der Waals surface area (Å²) in [5, 5.41) is 0. The van der Waals surface area contributed by atoms with Gasteiger partial charge in [0.2, 0.25) is 0 Å². The van der Waals surface area contributed by atoms with E-state index in [2.05, 4.69) is 18.2 Å². The first-order valence-corrected chi connectivity index (χ1v) is 3.22. The molecule has 0 aliphatic carbocycles. The fourth-order valence-corrected chi connectivity index (χ4v) is 0.485. The zero-order valence-electron chi connectivity index (χ0n) is 6.55. The minimum atomic E-state index is 0.542. The molecule has 0 rings (SSSR count). The van der Waals surface area contributed by atoms with E-state index in [1.807, 2.05) is 13.8 Å². The van der Waals surface area contributed by atoms with E-state index >= 15 is 0 Å². The zero-order valence-corrected chi connectivity index (χ0v) is 6.55. The Bertz CT molecular complexity index is 159. The fourth-order valence-electron chi connectivity index (χ4n) is 0.485. The highest BCUT2D eigenvalue weighted by molar-refractivity contribution is 5.56. The summed E-state index contributed by atoms with van der Waals surface area (Å²) in [6.07, 6.45) is 1.66. The summed E-state index contributed by atoms with van der Waals surface area (Å²) in [6.45, 7) is 11.6. The van der Waals surface area contributed by atoms with E-state index in [1.165, 1.54) is 0 Å². The predicted molar refractivity (Wildman–Crippen MR) is 44.1 cm³/mol. The molecule has 0 spiro atoms.